The first-order chi connectivity index (χ1) is 4.95. The fraction of sp³-hybridized carbons (Fsp3) is 1.00. The van der Waals surface area contributed by atoms with E-state index >= 15 is 0 Å². The van der Waals surface area contributed by atoms with E-state index in [2.05, 4.69) is 4.72 Å². The van der Waals surface area contributed by atoms with Crippen LogP contribution >= 0.6 is 10.7 Å². The lowest BCUT2D eigenvalue weighted by atomic mass is 10.3. The third-order valence-corrected chi connectivity index (χ3v) is 2.05. The zero-order valence-corrected chi connectivity index (χ0v) is 8.07. The van der Waals surface area contributed by atoms with E-state index in [1.807, 2.05) is 0 Å². The Morgan fingerprint density at radius 1 is 1.64 bits per heavy atom. The van der Waals surface area contributed by atoms with Crippen molar-refractivity contribution < 1.29 is 13.2 Å². The van der Waals surface area contributed by atoms with Crippen LogP contribution in [-0.4, -0.2) is 28.2 Å². The second-order valence-corrected chi connectivity index (χ2v) is 4.57. The lowest BCUT2D eigenvalue weighted by molar-refractivity contribution is 0.188. The number of rotatable bonds is 5. The lowest BCUT2D eigenvalue weighted by Gasteiger charge is -2.09. The topological polar surface area (TPSA) is 55.4 Å². The zero-order valence-electron chi connectivity index (χ0n) is 6.50. The fourth-order valence-corrected chi connectivity index (χ4v) is 1.65. The molecule has 0 aromatic carbocycles. The first-order valence-corrected chi connectivity index (χ1v) is 5.47. The van der Waals surface area contributed by atoms with Crippen LogP contribution in [0.4, 0.5) is 0 Å². The Morgan fingerprint density at radius 3 is 2.55 bits per heavy atom. The molecule has 0 amide bonds. The Balaban J connectivity index is 3.61. The molecule has 0 aliphatic carbocycles. The van der Waals surface area contributed by atoms with Crippen LogP contribution in [0.15, 0.2) is 0 Å². The van der Waals surface area contributed by atoms with Gasteiger partial charge in [-0.1, -0.05) is 0 Å². The van der Waals surface area contributed by atoms with Crippen LogP contribution in [0.5, 0.6) is 0 Å². The van der Waals surface area contributed by atoms with E-state index in [0.29, 0.717) is 13.0 Å². The van der Waals surface area contributed by atoms with Crippen molar-refractivity contribution >= 4 is 19.9 Å². The first-order valence-electron chi connectivity index (χ1n) is 3.16. The summed E-state index contributed by atoms with van der Waals surface area (Å²) in [4.78, 5) is 0. The fourth-order valence-electron chi connectivity index (χ4n) is 0.594. The van der Waals surface area contributed by atoms with Gasteiger partial charge < -0.3 is 4.74 Å². The van der Waals surface area contributed by atoms with Crippen LogP contribution < -0.4 is 4.72 Å². The van der Waals surface area contributed by atoms with E-state index in [4.69, 9.17) is 15.4 Å². The molecule has 4 nitrogen and oxygen atoms in total. The van der Waals surface area contributed by atoms with Crippen molar-refractivity contribution in [1.29, 1.82) is 0 Å². The number of methoxy groups -OCH3 is 1. The van der Waals surface area contributed by atoms with E-state index in [1.54, 1.807) is 14.0 Å². The summed E-state index contributed by atoms with van der Waals surface area (Å²) in [7, 11) is 2.90. The molecule has 6 heteroatoms. The summed E-state index contributed by atoms with van der Waals surface area (Å²) < 4.78 is 27.8. The van der Waals surface area contributed by atoms with Crippen LogP contribution in [0, 0.1) is 0 Å². The number of halogens is 1. The van der Waals surface area contributed by atoms with E-state index in [-0.39, 0.29) is 6.04 Å². The van der Waals surface area contributed by atoms with Crippen LogP contribution in [-0.2, 0) is 14.0 Å². The quantitative estimate of drug-likeness (QED) is 0.659. The molecule has 0 aromatic heterocycles. The summed E-state index contributed by atoms with van der Waals surface area (Å²) >= 11 is 0. The Morgan fingerprint density at radius 2 is 2.18 bits per heavy atom. The number of hydrogen-bond acceptors (Lipinski definition) is 3. The van der Waals surface area contributed by atoms with E-state index in [0.717, 1.165) is 0 Å². The second kappa shape index (κ2) is 4.92. The molecule has 0 heterocycles. The van der Waals surface area contributed by atoms with Crippen molar-refractivity contribution in [3.05, 3.63) is 0 Å². The molecule has 0 bridgehead atoms. The highest BCUT2D eigenvalue weighted by Crippen LogP contribution is 1.97. The van der Waals surface area contributed by atoms with Gasteiger partial charge in [0.15, 0.2) is 0 Å². The van der Waals surface area contributed by atoms with Gasteiger partial charge in [0, 0.05) is 30.4 Å². The SMILES string of the molecule is COCCC(C)NS(=O)(=O)Cl. The van der Waals surface area contributed by atoms with Gasteiger partial charge in [-0.3, -0.25) is 0 Å². The second-order valence-electron chi connectivity index (χ2n) is 2.24. The molecular weight excluding hydrogens is 190 g/mol. The average molecular weight is 202 g/mol. The van der Waals surface area contributed by atoms with Gasteiger partial charge in [0.2, 0.25) is 0 Å². The van der Waals surface area contributed by atoms with Crippen molar-refractivity contribution in [2.45, 2.75) is 19.4 Å². The molecule has 1 N–H and O–H groups in total. The van der Waals surface area contributed by atoms with Crippen LogP contribution in [0.25, 0.3) is 0 Å². The highest BCUT2D eigenvalue weighted by Gasteiger charge is 2.09. The van der Waals surface area contributed by atoms with Crippen LogP contribution in [0.2, 0.25) is 0 Å². The van der Waals surface area contributed by atoms with Gasteiger partial charge in [-0.05, 0) is 13.3 Å². The highest BCUT2D eigenvalue weighted by molar-refractivity contribution is 8.12. The Kier molecular flexibility index (Phi) is 4.99. The lowest BCUT2D eigenvalue weighted by Crippen LogP contribution is -2.29. The van der Waals surface area contributed by atoms with Gasteiger partial charge in [0.25, 0.3) is 9.24 Å². The average Bonchev–Trinajstić information content (AvgIpc) is 1.79. The summed E-state index contributed by atoms with van der Waals surface area (Å²) in [6.45, 7) is 2.24. The summed E-state index contributed by atoms with van der Waals surface area (Å²) in [6.07, 6.45) is 0.614. The molecule has 0 saturated carbocycles. The van der Waals surface area contributed by atoms with Crippen molar-refractivity contribution in [1.82, 2.24) is 4.72 Å². The van der Waals surface area contributed by atoms with E-state index < -0.39 is 9.24 Å². The normalized spacial score (nSPS) is 14.8. The molecule has 0 aliphatic heterocycles. The van der Waals surface area contributed by atoms with Gasteiger partial charge in [-0.15, -0.1) is 0 Å². The summed E-state index contributed by atoms with van der Waals surface area (Å²) in [6, 6.07) is -0.183. The number of hydrogen-bond donors (Lipinski definition) is 1. The molecular formula is C5H12ClNO3S. The largest absolute Gasteiger partial charge is 0.385 e. The van der Waals surface area contributed by atoms with E-state index in [1.165, 1.54) is 0 Å². The molecule has 0 aromatic rings. The smallest absolute Gasteiger partial charge is 0.297 e. The minimum Gasteiger partial charge on any atom is -0.385 e. The van der Waals surface area contributed by atoms with Crippen molar-refractivity contribution in [3.8, 4) is 0 Å². The summed E-state index contributed by atoms with van der Waals surface area (Å²) in [5.41, 5.74) is 0. The molecule has 0 fully saturated rings. The summed E-state index contributed by atoms with van der Waals surface area (Å²) in [5, 5.41) is 0. The molecule has 0 radical (unpaired) electrons. The zero-order chi connectivity index (χ0) is 8.91. The van der Waals surface area contributed by atoms with Gasteiger partial charge in [-0.25, -0.2) is 0 Å². The minimum atomic E-state index is -3.59. The molecule has 0 saturated heterocycles. The number of ether oxygens (including phenoxy) is 1. The van der Waals surface area contributed by atoms with Crippen LogP contribution in [0.3, 0.4) is 0 Å². The molecule has 11 heavy (non-hydrogen) atoms. The molecule has 1 atom stereocenters. The van der Waals surface area contributed by atoms with E-state index in [9.17, 15) is 8.42 Å². The predicted octanol–water partition coefficient (Wildman–Crippen LogP) is 0.485. The Bertz CT molecular complexity index is 192. The summed E-state index contributed by atoms with van der Waals surface area (Å²) in [5.74, 6) is 0. The number of nitrogens with one attached hydrogen (secondary N) is 1. The Labute approximate surface area is 71.4 Å². The van der Waals surface area contributed by atoms with Gasteiger partial charge >= 0.3 is 0 Å². The third kappa shape index (κ3) is 8.06. The molecule has 0 spiro atoms. The standard InChI is InChI=1S/C5H12ClNO3S/c1-5(3-4-10-2)7-11(6,8)9/h5,7H,3-4H2,1-2H3. The van der Waals surface area contributed by atoms with Gasteiger partial charge in [-0.2, -0.15) is 13.1 Å². The molecule has 68 valence electrons. The third-order valence-electron chi connectivity index (χ3n) is 1.10. The monoisotopic (exact) mass is 201 g/mol. The maximum atomic E-state index is 10.4. The van der Waals surface area contributed by atoms with Crippen molar-refractivity contribution in [2.75, 3.05) is 13.7 Å². The molecule has 0 rings (SSSR count). The maximum Gasteiger partial charge on any atom is 0.297 e. The van der Waals surface area contributed by atoms with Crippen molar-refractivity contribution in [3.63, 3.8) is 0 Å². The predicted molar refractivity (Wildman–Crippen MR) is 43.9 cm³/mol. The Hall–Kier alpha value is 0.160. The maximum absolute atomic E-state index is 10.4. The van der Waals surface area contributed by atoms with Gasteiger partial charge in [0.05, 0.1) is 0 Å². The minimum absolute atomic E-state index is 0.183. The van der Waals surface area contributed by atoms with Crippen LogP contribution in [0.1, 0.15) is 13.3 Å². The first kappa shape index (κ1) is 11.2. The van der Waals surface area contributed by atoms with Gasteiger partial charge in [0.1, 0.15) is 0 Å². The highest BCUT2D eigenvalue weighted by atomic mass is 35.7. The molecule has 0 aliphatic rings. The van der Waals surface area contributed by atoms with Crippen molar-refractivity contribution in [2.24, 2.45) is 0 Å². The molecule has 1 unspecified atom stereocenters.